The summed E-state index contributed by atoms with van der Waals surface area (Å²) in [7, 11) is 0. The van der Waals surface area contributed by atoms with Crippen LogP contribution in [0.5, 0.6) is 0 Å². The average Bonchev–Trinajstić information content (AvgIpc) is 3.22. The number of nitrogens with one attached hydrogen (secondary N) is 1. The summed E-state index contributed by atoms with van der Waals surface area (Å²) < 4.78 is 5.65. The van der Waals surface area contributed by atoms with Crippen LogP contribution in [0.2, 0.25) is 0 Å². The molecule has 0 radical (unpaired) electrons. The van der Waals surface area contributed by atoms with E-state index in [0.717, 1.165) is 11.1 Å². The predicted molar refractivity (Wildman–Crippen MR) is 150 cm³/mol. The van der Waals surface area contributed by atoms with Crippen molar-refractivity contribution in [2.75, 3.05) is 0 Å². The van der Waals surface area contributed by atoms with Crippen LogP contribution in [0.1, 0.15) is 51.5 Å². The molecule has 1 unspecified atom stereocenters. The van der Waals surface area contributed by atoms with Crippen molar-refractivity contribution in [3.05, 3.63) is 78.9 Å². The number of ketones is 2. The third-order valence-corrected chi connectivity index (χ3v) is 8.70. The van der Waals surface area contributed by atoms with Crippen LogP contribution >= 0.6 is 0 Å². The predicted octanol–water partition coefficient (Wildman–Crippen LogP) is 4.10. The first kappa shape index (κ1) is 28.4. The fourth-order valence-electron chi connectivity index (χ4n) is 6.65. The minimum Gasteiger partial charge on any atom is -0.462 e. The number of carbonyl (C=O) groups is 4. The molecule has 0 spiro atoms. The summed E-state index contributed by atoms with van der Waals surface area (Å²) in [6.45, 7) is 7.41. The molecule has 3 N–H and O–H groups in total. The second kappa shape index (κ2) is 12.1. The molecule has 2 aliphatic carbocycles. The van der Waals surface area contributed by atoms with Gasteiger partial charge in [0, 0.05) is 29.8 Å². The maximum Gasteiger partial charge on any atom is 0.309 e. The fraction of sp³-hybridized carbons (Fsp3) is 0.438. The van der Waals surface area contributed by atoms with Crippen LogP contribution in [0, 0.1) is 23.7 Å². The number of carbonyl (C=O) groups excluding carboxylic acids is 4. The van der Waals surface area contributed by atoms with Crippen molar-refractivity contribution in [2.24, 2.45) is 29.4 Å². The molecule has 0 aromatic heterocycles. The van der Waals surface area contributed by atoms with E-state index < -0.39 is 23.0 Å². The van der Waals surface area contributed by atoms with E-state index in [4.69, 9.17) is 10.5 Å². The van der Waals surface area contributed by atoms with Crippen LogP contribution in [0.4, 0.5) is 0 Å². The van der Waals surface area contributed by atoms with Gasteiger partial charge in [-0.25, -0.2) is 0 Å². The van der Waals surface area contributed by atoms with E-state index in [1.54, 1.807) is 6.92 Å². The largest absolute Gasteiger partial charge is 0.462 e. The standard InChI is InChI=1S/C32H38N2O5/c1-4-21(22-13-9-6-10-14-22)12-8-7-11-15-26-28-20(3)39-31(38)25(28)19-23-18-24(16-17-32(23,26)33)34-30(37)29(36)27(35)5-2/h4,6-15,20,23-26,28H,1,5,16-19,33H2,2-3H3,(H,34,37)/b8-7+,15-11+,21-12+/t20-,23+,24-,25?,26-,28-,32+/m1/s1. The summed E-state index contributed by atoms with van der Waals surface area (Å²) in [6, 6.07) is 9.75. The molecule has 1 amide bonds. The average molecular weight is 531 g/mol. The lowest BCUT2D eigenvalue weighted by Crippen LogP contribution is -2.64. The highest BCUT2D eigenvalue weighted by Crippen LogP contribution is 2.54. The number of hydrogen-bond acceptors (Lipinski definition) is 6. The summed E-state index contributed by atoms with van der Waals surface area (Å²) in [5, 5.41) is 2.74. The maximum atomic E-state index is 12.7. The molecule has 39 heavy (non-hydrogen) atoms. The molecule has 1 saturated heterocycles. The highest BCUT2D eigenvalue weighted by Gasteiger charge is 2.59. The number of hydrogen-bond donors (Lipinski definition) is 2. The molecule has 1 aromatic carbocycles. The van der Waals surface area contributed by atoms with Crippen molar-refractivity contribution in [1.82, 2.24) is 5.32 Å². The molecule has 7 nitrogen and oxygen atoms in total. The Morgan fingerprint density at radius 3 is 2.59 bits per heavy atom. The SMILES string of the molecule is C=C\C(=C/C=C/C=C/[C@@H]1[C@H]2C(C[C@@H]3C[C@H](NC(=O)C(=O)C(=O)CC)CC[C@]31N)C(=O)O[C@@H]2C)c1ccccc1. The van der Waals surface area contributed by atoms with E-state index in [-0.39, 0.29) is 48.2 Å². The molecule has 1 heterocycles. The highest BCUT2D eigenvalue weighted by molar-refractivity contribution is 6.63. The number of amides is 1. The number of cyclic esters (lactones) is 1. The number of benzene rings is 1. The van der Waals surface area contributed by atoms with Gasteiger partial charge < -0.3 is 15.8 Å². The fourth-order valence-corrected chi connectivity index (χ4v) is 6.65. The van der Waals surface area contributed by atoms with Gasteiger partial charge >= 0.3 is 5.97 Å². The van der Waals surface area contributed by atoms with E-state index in [0.29, 0.717) is 25.7 Å². The normalized spacial score (nSPS) is 32.4. The van der Waals surface area contributed by atoms with Crippen LogP contribution < -0.4 is 11.1 Å². The molecule has 3 fully saturated rings. The zero-order valence-corrected chi connectivity index (χ0v) is 22.7. The van der Waals surface area contributed by atoms with Crippen molar-refractivity contribution < 1.29 is 23.9 Å². The monoisotopic (exact) mass is 530 g/mol. The van der Waals surface area contributed by atoms with E-state index in [1.807, 2.05) is 67.6 Å². The molecule has 3 aliphatic rings. The minimum atomic E-state index is -1.01. The first-order chi connectivity index (χ1) is 18.7. The minimum absolute atomic E-state index is 0.00572. The summed E-state index contributed by atoms with van der Waals surface area (Å²) in [5.74, 6) is -3.18. The summed E-state index contributed by atoms with van der Waals surface area (Å²) in [5.41, 5.74) is 8.67. The van der Waals surface area contributed by atoms with Crippen molar-refractivity contribution in [2.45, 2.75) is 63.6 Å². The Hall–Kier alpha value is -3.58. The quantitative estimate of drug-likeness (QED) is 0.215. The Morgan fingerprint density at radius 2 is 1.90 bits per heavy atom. The van der Waals surface area contributed by atoms with E-state index in [9.17, 15) is 19.2 Å². The Balaban J connectivity index is 1.52. The first-order valence-corrected chi connectivity index (χ1v) is 13.8. The van der Waals surface area contributed by atoms with Crippen molar-refractivity contribution in [3.63, 3.8) is 0 Å². The Morgan fingerprint density at radius 1 is 1.15 bits per heavy atom. The molecule has 7 heteroatoms. The first-order valence-electron chi connectivity index (χ1n) is 13.8. The van der Waals surface area contributed by atoms with E-state index in [2.05, 4.69) is 18.0 Å². The zero-order chi connectivity index (χ0) is 28.2. The Bertz CT molecular complexity index is 1220. The molecule has 4 rings (SSSR count). The molecule has 7 atom stereocenters. The number of ether oxygens (including phenoxy) is 1. The zero-order valence-electron chi connectivity index (χ0n) is 22.7. The van der Waals surface area contributed by atoms with Crippen LogP contribution in [0.25, 0.3) is 5.57 Å². The molecular formula is C32H38N2O5. The van der Waals surface area contributed by atoms with Gasteiger partial charge in [0.2, 0.25) is 5.78 Å². The molecular weight excluding hydrogens is 492 g/mol. The van der Waals surface area contributed by atoms with E-state index >= 15 is 0 Å². The maximum absolute atomic E-state index is 12.7. The van der Waals surface area contributed by atoms with Gasteiger partial charge in [0.1, 0.15) is 6.10 Å². The number of allylic oxidation sites excluding steroid dienone is 6. The lowest BCUT2D eigenvalue weighted by Gasteiger charge is -2.54. The lowest BCUT2D eigenvalue weighted by atomic mass is 9.53. The Labute approximate surface area is 230 Å². The van der Waals surface area contributed by atoms with Crippen molar-refractivity contribution in [1.29, 1.82) is 0 Å². The van der Waals surface area contributed by atoms with Gasteiger partial charge in [0.05, 0.1) is 5.92 Å². The summed E-state index contributed by atoms with van der Waals surface area (Å²) in [6.07, 6.45) is 13.9. The number of fused-ring (bicyclic) bond motifs is 2. The second-order valence-electron chi connectivity index (χ2n) is 10.9. The smallest absolute Gasteiger partial charge is 0.309 e. The van der Waals surface area contributed by atoms with Gasteiger partial charge in [-0.05, 0) is 49.7 Å². The summed E-state index contributed by atoms with van der Waals surface area (Å²) in [4.78, 5) is 48.8. The van der Waals surface area contributed by atoms with Crippen LogP contribution in [0.3, 0.4) is 0 Å². The number of esters is 1. The number of nitrogens with two attached hydrogens (primary N) is 1. The van der Waals surface area contributed by atoms with Gasteiger partial charge in [-0.15, -0.1) is 0 Å². The Kier molecular flexibility index (Phi) is 8.80. The molecule has 0 bridgehead atoms. The topological polar surface area (TPSA) is 116 Å². The molecule has 2 saturated carbocycles. The van der Waals surface area contributed by atoms with Crippen LogP contribution in [0.15, 0.2) is 73.4 Å². The molecule has 1 aliphatic heterocycles. The molecule has 1 aromatic rings. The summed E-state index contributed by atoms with van der Waals surface area (Å²) >= 11 is 0. The van der Waals surface area contributed by atoms with E-state index in [1.165, 1.54) is 0 Å². The lowest BCUT2D eigenvalue weighted by molar-refractivity contribution is -0.146. The van der Waals surface area contributed by atoms with Gasteiger partial charge in [0.25, 0.3) is 11.7 Å². The number of rotatable bonds is 9. The van der Waals surface area contributed by atoms with Crippen LogP contribution in [-0.2, 0) is 23.9 Å². The van der Waals surface area contributed by atoms with Crippen LogP contribution in [-0.4, -0.2) is 41.1 Å². The van der Waals surface area contributed by atoms with Gasteiger partial charge in [-0.3, -0.25) is 19.2 Å². The van der Waals surface area contributed by atoms with Crippen molar-refractivity contribution >= 4 is 29.0 Å². The van der Waals surface area contributed by atoms with Gasteiger partial charge in [-0.2, -0.15) is 0 Å². The molecule has 206 valence electrons. The third-order valence-electron chi connectivity index (χ3n) is 8.70. The highest BCUT2D eigenvalue weighted by atomic mass is 16.6. The van der Waals surface area contributed by atoms with Gasteiger partial charge in [-0.1, -0.05) is 80.3 Å². The number of Topliss-reactive ketones (excluding diaryl/α,β-unsaturated/α-hetero) is 2. The van der Waals surface area contributed by atoms with Crippen molar-refractivity contribution in [3.8, 4) is 0 Å². The second-order valence-corrected chi connectivity index (χ2v) is 10.9. The third kappa shape index (κ3) is 5.88. The van der Waals surface area contributed by atoms with Gasteiger partial charge in [0.15, 0.2) is 0 Å².